The van der Waals surface area contributed by atoms with Crippen molar-refractivity contribution in [1.82, 2.24) is 0 Å². The maximum absolute atomic E-state index is 12.8. The van der Waals surface area contributed by atoms with Crippen LogP contribution >= 0.6 is 0 Å². The van der Waals surface area contributed by atoms with Crippen molar-refractivity contribution in [3.8, 4) is 0 Å². The maximum atomic E-state index is 12.8. The Labute approximate surface area is 402 Å². The first kappa shape index (κ1) is 62.1. The van der Waals surface area contributed by atoms with E-state index in [0.29, 0.717) is 19.3 Å². The van der Waals surface area contributed by atoms with Gasteiger partial charge in [-0.1, -0.05) is 229 Å². The fourth-order valence-electron chi connectivity index (χ4n) is 7.77. The molecule has 0 bridgehead atoms. The van der Waals surface area contributed by atoms with Gasteiger partial charge in [0.05, 0.1) is 0 Å². The Morgan fingerprint density at radius 1 is 0.308 bits per heavy atom. The topological polar surface area (TPSA) is 78.9 Å². The maximum Gasteiger partial charge on any atom is 0.306 e. The molecule has 0 aliphatic rings. The van der Waals surface area contributed by atoms with Crippen molar-refractivity contribution < 1.29 is 28.6 Å². The van der Waals surface area contributed by atoms with Gasteiger partial charge < -0.3 is 14.2 Å². The van der Waals surface area contributed by atoms with Crippen molar-refractivity contribution in [1.29, 1.82) is 0 Å². The first-order valence-corrected chi connectivity index (χ1v) is 27.8. The molecule has 0 heterocycles. The van der Waals surface area contributed by atoms with E-state index in [-0.39, 0.29) is 31.1 Å². The summed E-state index contributed by atoms with van der Waals surface area (Å²) in [6.45, 7) is 6.58. The van der Waals surface area contributed by atoms with Crippen LogP contribution in [0.5, 0.6) is 0 Å². The van der Waals surface area contributed by atoms with Gasteiger partial charge in [-0.2, -0.15) is 0 Å². The summed E-state index contributed by atoms with van der Waals surface area (Å²) >= 11 is 0. The van der Waals surface area contributed by atoms with E-state index >= 15 is 0 Å². The standard InChI is InChI=1S/C59H104O6/c1-4-7-10-13-16-19-22-25-27-28-29-30-32-35-37-40-43-46-49-52-58(61)64-55-56(65-59(62)53-50-47-44-41-38-33-24-21-18-15-12-9-6-3)54-63-57(60)51-48-45-42-39-36-34-31-26-23-20-17-14-11-8-5-2/h16,19,21,24-25,27,29-30,35,37,56H,4-15,17-18,20,22-23,26,28,31-34,36,38-55H2,1-3H3/b19-16-,24-21-,27-25-,30-29-,37-35-/t56-/m0/s1. The van der Waals surface area contributed by atoms with Gasteiger partial charge in [0, 0.05) is 19.3 Å². The van der Waals surface area contributed by atoms with E-state index in [1.807, 2.05) is 0 Å². The summed E-state index contributed by atoms with van der Waals surface area (Å²) in [4.78, 5) is 38.1. The number of carbonyl (C=O) groups is 3. The Morgan fingerprint density at radius 3 is 0.938 bits per heavy atom. The molecule has 6 nitrogen and oxygen atoms in total. The SMILES string of the molecule is CCCCC/C=C\C/C=C\C/C=C\C/C=C\CCCCCC(=O)OC[C@H](COC(=O)CCCCCCCCCCCCCCCCC)OC(=O)CCCCCCC/C=C\CCCCCC. The molecule has 1 atom stereocenters. The highest BCUT2D eigenvalue weighted by atomic mass is 16.6. The van der Waals surface area contributed by atoms with Crippen LogP contribution in [0.4, 0.5) is 0 Å². The lowest BCUT2D eigenvalue weighted by molar-refractivity contribution is -0.167. The van der Waals surface area contributed by atoms with E-state index in [4.69, 9.17) is 14.2 Å². The summed E-state index contributed by atoms with van der Waals surface area (Å²) in [6, 6.07) is 0. The zero-order valence-corrected chi connectivity index (χ0v) is 43.0. The minimum absolute atomic E-state index is 0.0855. The molecule has 0 aromatic carbocycles. The Kier molecular flexibility index (Phi) is 51.3. The summed E-state index contributed by atoms with van der Waals surface area (Å²) in [5.41, 5.74) is 0. The monoisotopic (exact) mass is 909 g/mol. The lowest BCUT2D eigenvalue weighted by Gasteiger charge is -2.18. The number of allylic oxidation sites excluding steroid dienone is 10. The van der Waals surface area contributed by atoms with Crippen LogP contribution in [-0.4, -0.2) is 37.2 Å². The van der Waals surface area contributed by atoms with Crippen molar-refractivity contribution in [2.45, 2.75) is 284 Å². The van der Waals surface area contributed by atoms with Crippen LogP contribution in [-0.2, 0) is 28.6 Å². The highest BCUT2D eigenvalue weighted by Gasteiger charge is 2.19. The molecule has 376 valence electrons. The second-order valence-electron chi connectivity index (χ2n) is 18.5. The van der Waals surface area contributed by atoms with Crippen molar-refractivity contribution >= 4 is 17.9 Å². The fraction of sp³-hybridized carbons (Fsp3) is 0.780. The third kappa shape index (κ3) is 51.9. The Hall–Kier alpha value is -2.89. The van der Waals surface area contributed by atoms with Crippen molar-refractivity contribution in [2.24, 2.45) is 0 Å². The molecular formula is C59H104O6. The zero-order chi connectivity index (χ0) is 47.2. The molecule has 0 saturated carbocycles. The molecule has 0 unspecified atom stereocenters. The van der Waals surface area contributed by atoms with Crippen LogP contribution < -0.4 is 0 Å². The van der Waals surface area contributed by atoms with E-state index < -0.39 is 6.10 Å². The molecule has 6 heteroatoms. The minimum Gasteiger partial charge on any atom is -0.462 e. The molecule has 0 spiro atoms. The number of rotatable bonds is 50. The van der Waals surface area contributed by atoms with E-state index in [1.54, 1.807) is 0 Å². The molecule has 65 heavy (non-hydrogen) atoms. The Balaban J connectivity index is 4.41. The summed E-state index contributed by atoms with van der Waals surface area (Å²) in [6.07, 6.45) is 66.3. The minimum atomic E-state index is -0.789. The number of carbonyl (C=O) groups excluding carboxylic acids is 3. The average molecular weight is 909 g/mol. The van der Waals surface area contributed by atoms with Crippen molar-refractivity contribution in [2.75, 3.05) is 13.2 Å². The number of unbranched alkanes of at least 4 members (excludes halogenated alkanes) is 29. The van der Waals surface area contributed by atoms with Crippen LogP contribution in [0.15, 0.2) is 60.8 Å². The molecule has 0 aliphatic carbocycles. The van der Waals surface area contributed by atoms with Crippen LogP contribution in [0.2, 0.25) is 0 Å². The highest BCUT2D eigenvalue weighted by molar-refractivity contribution is 5.71. The number of hydrogen-bond donors (Lipinski definition) is 0. The van der Waals surface area contributed by atoms with Crippen LogP contribution in [0, 0.1) is 0 Å². The molecule has 0 amide bonds. The average Bonchev–Trinajstić information content (AvgIpc) is 3.30. The van der Waals surface area contributed by atoms with Crippen LogP contribution in [0.3, 0.4) is 0 Å². The third-order valence-electron chi connectivity index (χ3n) is 12.0. The van der Waals surface area contributed by atoms with E-state index in [2.05, 4.69) is 81.5 Å². The third-order valence-corrected chi connectivity index (χ3v) is 12.0. The van der Waals surface area contributed by atoms with Gasteiger partial charge >= 0.3 is 17.9 Å². The zero-order valence-electron chi connectivity index (χ0n) is 43.0. The molecule has 0 rings (SSSR count). The van der Waals surface area contributed by atoms with Gasteiger partial charge in [0.15, 0.2) is 6.10 Å². The summed E-state index contributed by atoms with van der Waals surface area (Å²) in [5, 5.41) is 0. The largest absolute Gasteiger partial charge is 0.462 e. The van der Waals surface area contributed by atoms with Crippen molar-refractivity contribution in [3.05, 3.63) is 60.8 Å². The number of ether oxygens (including phenoxy) is 3. The molecule has 0 aromatic rings. The summed E-state index contributed by atoms with van der Waals surface area (Å²) in [5.74, 6) is -0.917. The molecule has 0 N–H and O–H groups in total. The van der Waals surface area contributed by atoms with Gasteiger partial charge in [-0.3, -0.25) is 14.4 Å². The van der Waals surface area contributed by atoms with Gasteiger partial charge in [-0.25, -0.2) is 0 Å². The molecule has 0 aromatic heterocycles. The molecule has 0 saturated heterocycles. The van der Waals surface area contributed by atoms with Crippen LogP contribution in [0.25, 0.3) is 0 Å². The van der Waals surface area contributed by atoms with Gasteiger partial charge in [-0.05, 0) is 89.9 Å². The normalized spacial score (nSPS) is 12.5. The van der Waals surface area contributed by atoms with Crippen molar-refractivity contribution in [3.63, 3.8) is 0 Å². The Bertz CT molecular complexity index is 1180. The molecule has 0 aliphatic heterocycles. The second kappa shape index (κ2) is 53.7. The summed E-state index contributed by atoms with van der Waals surface area (Å²) in [7, 11) is 0. The number of esters is 3. The lowest BCUT2D eigenvalue weighted by Crippen LogP contribution is -2.30. The van der Waals surface area contributed by atoms with Gasteiger partial charge in [0.2, 0.25) is 0 Å². The smallest absolute Gasteiger partial charge is 0.306 e. The fourth-order valence-corrected chi connectivity index (χ4v) is 7.77. The summed E-state index contributed by atoms with van der Waals surface area (Å²) < 4.78 is 16.8. The Morgan fingerprint density at radius 2 is 0.554 bits per heavy atom. The van der Waals surface area contributed by atoms with Gasteiger partial charge in [-0.15, -0.1) is 0 Å². The van der Waals surface area contributed by atoms with E-state index in [1.165, 1.54) is 141 Å². The quantitative estimate of drug-likeness (QED) is 0.0262. The predicted octanol–water partition coefficient (Wildman–Crippen LogP) is 18.4. The lowest BCUT2D eigenvalue weighted by atomic mass is 10.0. The van der Waals surface area contributed by atoms with E-state index in [0.717, 1.165) is 96.3 Å². The van der Waals surface area contributed by atoms with E-state index in [9.17, 15) is 14.4 Å². The molecular weight excluding hydrogens is 805 g/mol. The molecule has 0 fully saturated rings. The van der Waals surface area contributed by atoms with Gasteiger partial charge in [0.25, 0.3) is 0 Å². The molecule has 0 radical (unpaired) electrons. The first-order chi connectivity index (χ1) is 32.0. The predicted molar refractivity (Wildman–Crippen MR) is 279 cm³/mol. The highest BCUT2D eigenvalue weighted by Crippen LogP contribution is 2.15. The van der Waals surface area contributed by atoms with Gasteiger partial charge in [0.1, 0.15) is 13.2 Å². The number of hydrogen-bond acceptors (Lipinski definition) is 6. The van der Waals surface area contributed by atoms with Crippen LogP contribution in [0.1, 0.15) is 278 Å². The first-order valence-electron chi connectivity index (χ1n) is 27.8. The second-order valence-corrected chi connectivity index (χ2v) is 18.5.